The third-order valence-corrected chi connectivity index (χ3v) is 7.87. The summed E-state index contributed by atoms with van der Waals surface area (Å²) in [5.74, 6) is -0.565. The minimum absolute atomic E-state index is 0.0336. The first-order valence-corrected chi connectivity index (χ1v) is 13.2. The van der Waals surface area contributed by atoms with Crippen molar-refractivity contribution in [3.8, 4) is 0 Å². The van der Waals surface area contributed by atoms with Crippen molar-refractivity contribution < 1.29 is 14.5 Å². The van der Waals surface area contributed by atoms with Gasteiger partial charge in [-0.2, -0.15) is 0 Å². The van der Waals surface area contributed by atoms with Crippen molar-refractivity contribution in [2.45, 2.75) is 39.2 Å². The topological polar surface area (TPSA) is 83.8 Å². The number of nitrogens with zero attached hydrogens (tertiary/aromatic N) is 3. The number of thiophene rings is 1. The molecule has 0 saturated carbocycles. The number of carbonyl (C=O) groups excluding carboxylic acids is 2. The summed E-state index contributed by atoms with van der Waals surface area (Å²) in [5.41, 5.74) is 3.12. The summed E-state index contributed by atoms with van der Waals surface area (Å²) in [6.07, 6.45) is 2.32. The van der Waals surface area contributed by atoms with E-state index < -0.39 is 10.8 Å². The van der Waals surface area contributed by atoms with Gasteiger partial charge in [0.25, 0.3) is 11.6 Å². The van der Waals surface area contributed by atoms with E-state index in [0.717, 1.165) is 29.5 Å². The lowest BCUT2D eigenvalue weighted by atomic mass is 9.90. The minimum Gasteiger partial charge on any atom is -0.330 e. The van der Waals surface area contributed by atoms with Gasteiger partial charge in [-0.3, -0.25) is 19.7 Å². The molecule has 1 aliphatic rings. The highest BCUT2D eigenvalue weighted by Crippen LogP contribution is 2.39. The van der Waals surface area contributed by atoms with Gasteiger partial charge in [0.1, 0.15) is 11.6 Å². The highest BCUT2D eigenvalue weighted by molar-refractivity contribution is 7.10. The van der Waals surface area contributed by atoms with E-state index in [0.29, 0.717) is 19.5 Å². The van der Waals surface area contributed by atoms with E-state index in [2.05, 4.69) is 17.5 Å². The molecule has 4 rings (SSSR count). The standard InChI is InChI=1S/C27H28ClN3O4S/c1-3-4-13-29(27(33)19-9-10-22(28)23(16-19)31(34)35)17-25(32)30-14-11-24-21(12-15-36-24)26(30)20-8-6-5-7-18(20)2/h5-10,12,15-16,26H,3-4,11,13-14,17H2,1-2H3. The van der Waals surface area contributed by atoms with Crippen LogP contribution in [0.5, 0.6) is 0 Å². The third-order valence-electron chi connectivity index (χ3n) is 6.55. The van der Waals surface area contributed by atoms with Gasteiger partial charge in [-0.25, -0.2) is 0 Å². The van der Waals surface area contributed by atoms with Gasteiger partial charge in [0, 0.05) is 29.6 Å². The van der Waals surface area contributed by atoms with Crippen LogP contribution in [0, 0.1) is 17.0 Å². The van der Waals surface area contributed by atoms with E-state index in [9.17, 15) is 19.7 Å². The zero-order valence-electron chi connectivity index (χ0n) is 20.3. The highest BCUT2D eigenvalue weighted by atomic mass is 35.5. The zero-order chi connectivity index (χ0) is 25.8. The Bertz CT molecular complexity index is 1290. The number of nitro groups is 1. The normalized spacial score (nSPS) is 14.9. The molecule has 0 fully saturated rings. The molecule has 1 unspecified atom stereocenters. The van der Waals surface area contributed by atoms with Crippen LogP contribution in [0.3, 0.4) is 0 Å². The summed E-state index contributed by atoms with van der Waals surface area (Å²) >= 11 is 7.64. The van der Waals surface area contributed by atoms with Gasteiger partial charge in [0.2, 0.25) is 5.91 Å². The van der Waals surface area contributed by atoms with E-state index in [1.54, 1.807) is 11.3 Å². The van der Waals surface area contributed by atoms with E-state index in [1.165, 1.54) is 28.0 Å². The van der Waals surface area contributed by atoms with Crippen LogP contribution in [0.2, 0.25) is 5.02 Å². The quantitative estimate of drug-likeness (QED) is 0.265. The molecule has 2 heterocycles. The molecular weight excluding hydrogens is 498 g/mol. The van der Waals surface area contributed by atoms with Gasteiger partial charge in [0.05, 0.1) is 11.0 Å². The van der Waals surface area contributed by atoms with E-state index >= 15 is 0 Å². The van der Waals surface area contributed by atoms with Crippen molar-refractivity contribution in [1.29, 1.82) is 0 Å². The smallest absolute Gasteiger partial charge is 0.288 e. The van der Waals surface area contributed by atoms with Gasteiger partial charge in [-0.1, -0.05) is 49.2 Å². The summed E-state index contributed by atoms with van der Waals surface area (Å²) in [5, 5.41) is 13.4. The fraction of sp³-hybridized carbons (Fsp3) is 0.333. The number of benzene rings is 2. The van der Waals surface area contributed by atoms with Gasteiger partial charge in [-0.15, -0.1) is 11.3 Å². The molecule has 1 atom stereocenters. The second-order valence-corrected chi connectivity index (χ2v) is 10.3. The molecule has 1 aliphatic heterocycles. The van der Waals surface area contributed by atoms with Crippen molar-refractivity contribution in [1.82, 2.24) is 9.80 Å². The summed E-state index contributed by atoms with van der Waals surface area (Å²) in [4.78, 5) is 42.5. The predicted molar refractivity (Wildman–Crippen MR) is 142 cm³/mol. The summed E-state index contributed by atoms with van der Waals surface area (Å²) < 4.78 is 0. The third kappa shape index (κ3) is 5.29. The molecule has 3 aromatic rings. The van der Waals surface area contributed by atoms with Crippen LogP contribution >= 0.6 is 22.9 Å². The Hall–Kier alpha value is -3.23. The van der Waals surface area contributed by atoms with Gasteiger partial charge in [0.15, 0.2) is 0 Å². The first kappa shape index (κ1) is 25.9. The molecule has 2 aromatic carbocycles. The number of rotatable bonds is 8. The molecule has 188 valence electrons. The van der Waals surface area contributed by atoms with Crippen molar-refractivity contribution in [2.75, 3.05) is 19.6 Å². The summed E-state index contributed by atoms with van der Waals surface area (Å²) in [7, 11) is 0. The summed E-state index contributed by atoms with van der Waals surface area (Å²) in [6, 6.07) is 13.9. The highest BCUT2D eigenvalue weighted by Gasteiger charge is 2.34. The van der Waals surface area contributed by atoms with Crippen LogP contribution in [-0.2, 0) is 11.2 Å². The van der Waals surface area contributed by atoms with Crippen LogP contribution in [0.1, 0.15) is 57.7 Å². The number of unbranched alkanes of at least 4 members (excludes halogenated alkanes) is 1. The summed E-state index contributed by atoms with van der Waals surface area (Å²) in [6.45, 7) is 4.90. The first-order chi connectivity index (χ1) is 17.3. The molecule has 36 heavy (non-hydrogen) atoms. The monoisotopic (exact) mass is 525 g/mol. The molecule has 7 nitrogen and oxygen atoms in total. The van der Waals surface area contributed by atoms with Crippen LogP contribution < -0.4 is 0 Å². The molecule has 0 N–H and O–H groups in total. The maximum Gasteiger partial charge on any atom is 0.288 e. The largest absolute Gasteiger partial charge is 0.330 e. The van der Waals surface area contributed by atoms with Crippen LogP contribution in [0.4, 0.5) is 5.69 Å². The Morgan fingerprint density at radius 2 is 1.97 bits per heavy atom. The predicted octanol–water partition coefficient (Wildman–Crippen LogP) is 6.03. The Kier molecular flexibility index (Phi) is 8.06. The molecule has 2 amide bonds. The van der Waals surface area contributed by atoms with E-state index in [1.807, 2.05) is 36.9 Å². The number of nitro benzene ring substituents is 1. The Morgan fingerprint density at radius 1 is 1.19 bits per heavy atom. The Labute approximate surface area is 219 Å². The number of fused-ring (bicyclic) bond motifs is 1. The van der Waals surface area contributed by atoms with Crippen LogP contribution in [0.15, 0.2) is 53.9 Å². The molecule has 0 spiro atoms. The zero-order valence-corrected chi connectivity index (χ0v) is 21.8. The molecule has 1 aromatic heterocycles. The number of halogens is 1. The number of hydrogen-bond donors (Lipinski definition) is 0. The molecule has 0 aliphatic carbocycles. The number of aryl methyl sites for hydroxylation is 1. The number of carbonyl (C=O) groups is 2. The Balaban J connectivity index is 1.64. The van der Waals surface area contributed by atoms with Gasteiger partial charge in [-0.05, 0) is 60.0 Å². The maximum absolute atomic E-state index is 13.8. The van der Waals surface area contributed by atoms with Crippen molar-refractivity contribution in [3.63, 3.8) is 0 Å². The number of hydrogen-bond acceptors (Lipinski definition) is 5. The maximum atomic E-state index is 13.8. The average Bonchev–Trinajstić information content (AvgIpc) is 3.35. The van der Waals surface area contributed by atoms with E-state index in [-0.39, 0.29) is 34.8 Å². The van der Waals surface area contributed by atoms with Crippen molar-refractivity contribution >= 4 is 40.4 Å². The Morgan fingerprint density at radius 3 is 2.69 bits per heavy atom. The second-order valence-electron chi connectivity index (χ2n) is 8.90. The van der Waals surface area contributed by atoms with Crippen molar-refractivity contribution in [2.24, 2.45) is 0 Å². The van der Waals surface area contributed by atoms with Crippen LogP contribution in [0.25, 0.3) is 0 Å². The van der Waals surface area contributed by atoms with E-state index in [4.69, 9.17) is 11.6 Å². The van der Waals surface area contributed by atoms with Crippen LogP contribution in [-0.4, -0.2) is 46.2 Å². The molecule has 0 saturated heterocycles. The minimum atomic E-state index is -0.611. The molecular formula is C27H28ClN3O4S. The lowest BCUT2D eigenvalue weighted by Gasteiger charge is -2.38. The average molecular weight is 526 g/mol. The fourth-order valence-electron chi connectivity index (χ4n) is 4.64. The molecule has 0 bridgehead atoms. The lowest BCUT2D eigenvalue weighted by Crippen LogP contribution is -2.47. The SMILES string of the molecule is CCCCN(CC(=O)N1CCc2sccc2C1c1ccccc1C)C(=O)c1ccc(Cl)c([N+](=O)[O-])c1. The fourth-order valence-corrected chi connectivity index (χ4v) is 5.73. The molecule has 9 heteroatoms. The molecule has 0 radical (unpaired) electrons. The number of amides is 2. The first-order valence-electron chi connectivity index (χ1n) is 12.0. The van der Waals surface area contributed by atoms with Gasteiger partial charge < -0.3 is 9.80 Å². The second kappa shape index (κ2) is 11.2. The lowest BCUT2D eigenvalue weighted by molar-refractivity contribution is -0.384. The van der Waals surface area contributed by atoms with Gasteiger partial charge >= 0.3 is 0 Å². The van der Waals surface area contributed by atoms with Crippen molar-refractivity contribution in [3.05, 3.63) is 96.2 Å².